The maximum absolute atomic E-state index is 14.7. The third-order valence-corrected chi connectivity index (χ3v) is 5.35. The van der Waals surface area contributed by atoms with Crippen LogP contribution in [0.4, 0.5) is 10.2 Å². The summed E-state index contributed by atoms with van der Waals surface area (Å²) in [6.45, 7) is 2.74. The lowest BCUT2D eigenvalue weighted by Gasteiger charge is -2.18. The summed E-state index contributed by atoms with van der Waals surface area (Å²) in [6, 6.07) is 7.05. The van der Waals surface area contributed by atoms with Crippen LogP contribution in [-0.4, -0.2) is 38.2 Å². The van der Waals surface area contributed by atoms with Crippen LogP contribution in [0.25, 0.3) is 0 Å². The minimum atomic E-state index is -1.41. The molecule has 2 unspecified atom stereocenters. The predicted molar refractivity (Wildman–Crippen MR) is 123 cm³/mol. The summed E-state index contributed by atoms with van der Waals surface area (Å²) in [5.41, 5.74) is 1.39. The summed E-state index contributed by atoms with van der Waals surface area (Å²) in [4.78, 5) is 25.3. The van der Waals surface area contributed by atoms with Crippen LogP contribution in [0.2, 0.25) is 5.15 Å². The van der Waals surface area contributed by atoms with E-state index in [4.69, 9.17) is 20.9 Å². The fraction of sp³-hybridized carbons (Fsp3) is 0.333. The van der Waals surface area contributed by atoms with Gasteiger partial charge in [0.15, 0.2) is 12.1 Å². The highest BCUT2D eigenvalue weighted by molar-refractivity contribution is 7.92. The van der Waals surface area contributed by atoms with Crippen LogP contribution in [0.5, 0.6) is 0 Å². The highest BCUT2D eigenvalue weighted by atomic mass is 35.5. The highest BCUT2D eigenvalue weighted by Gasteiger charge is 2.21. The second kappa shape index (κ2) is 11.9. The minimum absolute atomic E-state index is 0.0244. The van der Waals surface area contributed by atoms with Crippen LogP contribution >= 0.6 is 23.8 Å². The molecule has 0 aromatic carbocycles. The maximum atomic E-state index is 14.7. The Kier molecular flexibility index (Phi) is 8.98. The standard InChI is InChI=1S/C21H24ClFN6O2S/c1-2-14(12-31-32-24)8-19(23)28-21-17(9-25-13-26-21)20(30)15-6-7-29(10-15)11-16-4-3-5-18(22)27-16/h3-7,9-10,13-14,19H,2,8,11-12,24H2,1H3,(H,25,26,28). The Bertz CT molecular complexity index is 1040. The Morgan fingerprint density at radius 2 is 2.25 bits per heavy atom. The SMILES string of the molecule is CCC(COSN)CC(F)Nc1ncncc1C(=O)c1ccn(Cc2cccc(Cl)n2)c1. The maximum Gasteiger partial charge on any atom is 0.199 e. The molecule has 2 atom stereocenters. The first kappa shape index (κ1) is 24.1. The second-order valence-corrected chi connectivity index (χ2v) is 7.96. The van der Waals surface area contributed by atoms with E-state index in [1.54, 1.807) is 24.5 Å². The Hall–Kier alpha value is -2.53. The molecule has 3 N–H and O–H groups in total. The fourth-order valence-corrected chi connectivity index (χ4v) is 3.61. The van der Waals surface area contributed by atoms with Gasteiger partial charge in [-0.3, -0.25) is 9.93 Å². The van der Waals surface area contributed by atoms with Gasteiger partial charge in [-0.2, -0.15) is 0 Å². The van der Waals surface area contributed by atoms with Crippen LogP contribution in [0.1, 0.15) is 41.4 Å². The van der Waals surface area contributed by atoms with Gasteiger partial charge >= 0.3 is 0 Å². The number of anilines is 1. The molecule has 170 valence electrons. The van der Waals surface area contributed by atoms with Gasteiger partial charge in [-0.15, -0.1) is 0 Å². The van der Waals surface area contributed by atoms with Crippen LogP contribution in [-0.2, 0) is 10.7 Å². The largest absolute Gasteiger partial charge is 0.348 e. The van der Waals surface area contributed by atoms with E-state index >= 15 is 0 Å². The average molecular weight is 479 g/mol. The molecular formula is C21H24ClFN6O2S. The molecule has 0 radical (unpaired) electrons. The average Bonchev–Trinajstić information content (AvgIpc) is 3.25. The van der Waals surface area contributed by atoms with Crippen molar-refractivity contribution in [2.75, 3.05) is 11.9 Å². The fourth-order valence-electron chi connectivity index (χ4n) is 3.15. The van der Waals surface area contributed by atoms with Crippen molar-refractivity contribution < 1.29 is 13.4 Å². The Morgan fingerprint density at radius 1 is 1.41 bits per heavy atom. The van der Waals surface area contributed by atoms with Gasteiger partial charge in [0.2, 0.25) is 0 Å². The number of carbonyl (C=O) groups is 1. The number of rotatable bonds is 12. The van der Waals surface area contributed by atoms with Crippen molar-refractivity contribution in [2.24, 2.45) is 11.1 Å². The normalized spacial score (nSPS) is 13.0. The lowest BCUT2D eigenvalue weighted by molar-refractivity contribution is 0.103. The first-order valence-electron chi connectivity index (χ1n) is 10.0. The monoisotopic (exact) mass is 478 g/mol. The molecule has 0 aliphatic heterocycles. The van der Waals surface area contributed by atoms with E-state index in [1.165, 1.54) is 12.5 Å². The van der Waals surface area contributed by atoms with Gasteiger partial charge in [0, 0.05) is 30.6 Å². The summed E-state index contributed by atoms with van der Waals surface area (Å²) in [7, 11) is 0. The quantitative estimate of drug-likeness (QED) is 0.131. The van der Waals surface area contributed by atoms with Gasteiger partial charge < -0.3 is 14.1 Å². The van der Waals surface area contributed by atoms with Gasteiger partial charge in [0.05, 0.1) is 36.6 Å². The van der Waals surface area contributed by atoms with E-state index in [0.717, 1.165) is 24.3 Å². The number of nitrogens with two attached hydrogens (primary N) is 1. The van der Waals surface area contributed by atoms with Gasteiger partial charge in [-0.1, -0.05) is 31.0 Å². The van der Waals surface area contributed by atoms with Crippen LogP contribution < -0.4 is 10.5 Å². The molecule has 3 heterocycles. The van der Waals surface area contributed by atoms with Crippen LogP contribution in [0.15, 0.2) is 49.2 Å². The number of hydrogen-bond donors (Lipinski definition) is 2. The number of nitrogens with one attached hydrogen (secondary N) is 1. The molecule has 0 aliphatic rings. The van der Waals surface area contributed by atoms with Crippen LogP contribution in [0, 0.1) is 5.92 Å². The van der Waals surface area contributed by atoms with Crippen molar-refractivity contribution in [2.45, 2.75) is 32.6 Å². The number of hydrogen-bond acceptors (Lipinski definition) is 8. The van der Waals surface area contributed by atoms with E-state index in [-0.39, 0.29) is 29.5 Å². The molecular weight excluding hydrogens is 455 g/mol. The summed E-state index contributed by atoms with van der Waals surface area (Å²) in [5.74, 6) is -0.192. The predicted octanol–water partition coefficient (Wildman–Crippen LogP) is 4.27. The smallest absolute Gasteiger partial charge is 0.199 e. The molecule has 32 heavy (non-hydrogen) atoms. The number of aromatic nitrogens is 4. The zero-order valence-electron chi connectivity index (χ0n) is 17.4. The summed E-state index contributed by atoms with van der Waals surface area (Å²) >= 11 is 6.69. The Labute approximate surface area is 195 Å². The Morgan fingerprint density at radius 3 is 3.00 bits per heavy atom. The molecule has 0 fully saturated rings. The van der Waals surface area contributed by atoms with Crippen molar-refractivity contribution >= 4 is 35.4 Å². The minimum Gasteiger partial charge on any atom is -0.348 e. The molecule has 0 bridgehead atoms. The van der Waals surface area contributed by atoms with Crippen molar-refractivity contribution in [3.05, 3.63) is 71.2 Å². The number of carbonyl (C=O) groups excluding carboxylic acids is 1. The van der Waals surface area contributed by atoms with Crippen LogP contribution in [0.3, 0.4) is 0 Å². The summed E-state index contributed by atoms with van der Waals surface area (Å²) in [6.07, 6.45) is 5.63. The molecule has 0 saturated heterocycles. The van der Waals surface area contributed by atoms with Gasteiger partial charge in [-0.05, 0) is 24.1 Å². The van der Waals surface area contributed by atoms with Gasteiger partial charge in [0.1, 0.15) is 17.3 Å². The topological polar surface area (TPSA) is 108 Å². The zero-order chi connectivity index (χ0) is 22.9. The first-order valence-corrected chi connectivity index (χ1v) is 11.2. The summed E-state index contributed by atoms with van der Waals surface area (Å²) < 4.78 is 21.6. The third kappa shape index (κ3) is 6.73. The molecule has 8 nitrogen and oxygen atoms in total. The van der Waals surface area contributed by atoms with Crippen molar-refractivity contribution in [3.8, 4) is 0 Å². The van der Waals surface area contributed by atoms with E-state index < -0.39 is 6.30 Å². The highest BCUT2D eigenvalue weighted by Crippen LogP contribution is 2.21. The number of halogens is 2. The first-order chi connectivity index (χ1) is 15.5. The van der Waals surface area contributed by atoms with Crippen molar-refractivity contribution in [1.82, 2.24) is 19.5 Å². The number of alkyl halides is 1. The molecule has 11 heteroatoms. The lowest BCUT2D eigenvalue weighted by atomic mass is 10.0. The molecule has 0 aliphatic carbocycles. The molecule has 3 rings (SSSR count). The molecule has 0 spiro atoms. The molecule has 0 saturated carbocycles. The molecule has 3 aromatic heterocycles. The molecule has 0 amide bonds. The third-order valence-electron chi connectivity index (χ3n) is 4.87. The number of ketones is 1. The van der Waals surface area contributed by atoms with Gasteiger partial charge in [-0.25, -0.2) is 19.3 Å². The number of nitrogens with zero attached hydrogens (tertiary/aromatic N) is 4. The van der Waals surface area contributed by atoms with Crippen molar-refractivity contribution in [1.29, 1.82) is 0 Å². The van der Waals surface area contributed by atoms with E-state index in [2.05, 4.69) is 20.3 Å². The van der Waals surface area contributed by atoms with E-state index in [9.17, 15) is 9.18 Å². The number of pyridine rings is 1. The van der Waals surface area contributed by atoms with E-state index in [0.29, 0.717) is 23.9 Å². The lowest BCUT2D eigenvalue weighted by Crippen LogP contribution is -2.22. The van der Waals surface area contributed by atoms with E-state index in [1.807, 2.05) is 23.6 Å². The molecule has 3 aromatic rings. The Balaban J connectivity index is 1.69. The second-order valence-electron chi connectivity index (χ2n) is 7.14. The van der Waals surface area contributed by atoms with Crippen molar-refractivity contribution in [3.63, 3.8) is 0 Å². The summed E-state index contributed by atoms with van der Waals surface area (Å²) in [5, 5.41) is 8.36. The van der Waals surface area contributed by atoms with Gasteiger partial charge in [0.25, 0.3) is 0 Å². The zero-order valence-corrected chi connectivity index (χ0v) is 19.0.